The van der Waals surface area contributed by atoms with Crippen LogP contribution < -0.4 is 16.4 Å². The van der Waals surface area contributed by atoms with Crippen molar-refractivity contribution in [2.45, 2.75) is 70.1 Å². The molecule has 1 saturated carbocycles. The number of nitrogens with two attached hydrogens (primary N) is 2. The molecule has 1 aromatic heterocycles. The highest BCUT2D eigenvalue weighted by molar-refractivity contribution is 5.43. The molecule has 5 N–H and O–H groups in total. The van der Waals surface area contributed by atoms with Gasteiger partial charge in [0.15, 0.2) is 0 Å². The highest BCUT2D eigenvalue weighted by atomic mass is 15.2. The van der Waals surface area contributed by atoms with Crippen LogP contribution in [0.5, 0.6) is 0 Å². The number of nitrogens with zero attached hydrogens (tertiary/aromatic N) is 2. The van der Waals surface area contributed by atoms with Crippen LogP contribution in [0, 0.1) is 11.8 Å². The summed E-state index contributed by atoms with van der Waals surface area (Å²) in [5, 5.41) is 0. The van der Waals surface area contributed by atoms with Gasteiger partial charge in [0.05, 0.1) is 24.3 Å². The van der Waals surface area contributed by atoms with Gasteiger partial charge in [0, 0.05) is 18.8 Å². The predicted octanol–water partition coefficient (Wildman–Crippen LogP) is 1.94. The summed E-state index contributed by atoms with van der Waals surface area (Å²) in [5.74, 6) is 3.83. The molecule has 0 spiro atoms. The van der Waals surface area contributed by atoms with Gasteiger partial charge < -0.3 is 11.5 Å². The van der Waals surface area contributed by atoms with Gasteiger partial charge in [-0.15, -0.1) is 0 Å². The number of anilines is 1. The molecular weight excluding hydrogens is 310 g/mol. The number of fused-ring (bicyclic) bond motifs is 3. The van der Waals surface area contributed by atoms with E-state index >= 15 is 0 Å². The van der Waals surface area contributed by atoms with Crippen molar-refractivity contribution in [2.75, 3.05) is 25.4 Å². The van der Waals surface area contributed by atoms with Crippen molar-refractivity contribution in [3.63, 3.8) is 0 Å². The van der Waals surface area contributed by atoms with E-state index in [4.69, 9.17) is 21.4 Å². The summed E-state index contributed by atoms with van der Waals surface area (Å²) < 4.78 is 0. The maximum absolute atomic E-state index is 6.20. The zero-order valence-electron chi connectivity index (χ0n) is 15.5. The Morgan fingerprint density at radius 1 is 0.920 bits per heavy atom. The Balaban J connectivity index is 1.68. The van der Waals surface area contributed by atoms with Crippen LogP contribution in [-0.2, 0) is 6.42 Å². The van der Waals surface area contributed by atoms with Crippen LogP contribution in [0.4, 0.5) is 11.8 Å². The summed E-state index contributed by atoms with van der Waals surface area (Å²) in [4.78, 5) is 11.1. The first-order chi connectivity index (χ1) is 12.3. The highest BCUT2D eigenvalue weighted by Crippen LogP contribution is 2.43. The van der Waals surface area contributed by atoms with Crippen molar-refractivity contribution < 1.29 is 4.90 Å². The molecule has 0 aromatic carbocycles. The van der Waals surface area contributed by atoms with E-state index in [2.05, 4.69) is 0 Å². The molecule has 5 nitrogen and oxygen atoms in total. The Bertz CT molecular complexity index is 594. The number of hydrogen-bond donors (Lipinski definition) is 3. The summed E-state index contributed by atoms with van der Waals surface area (Å²) in [5.41, 5.74) is 14.8. The van der Waals surface area contributed by atoms with E-state index in [0.717, 1.165) is 32.0 Å². The predicted molar refractivity (Wildman–Crippen MR) is 101 cm³/mol. The molecule has 138 valence electrons. The standard InChI is InChI=1S/C20H33N5/c21-13-14-9-11-25(12-10-14)19-17-8-4-6-15-5-2-1-3-7-16(15)18(17)23-20(22)24-19/h14-16H,1-13,21H2,(H2,22,23,24)/p+1. The molecule has 0 radical (unpaired) electrons. The Morgan fingerprint density at radius 2 is 1.68 bits per heavy atom. The van der Waals surface area contributed by atoms with Crippen LogP contribution in [0.25, 0.3) is 0 Å². The summed E-state index contributed by atoms with van der Waals surface area (Å²) in [6, 6.07) is 0. The maximum Gasteiger partial charge on any atom is 0.234 e. The fourth-order valence-electron chi connectivity index (χ4n) is 5.49. The molecule has 2 aliphatic carbocycles. The first-order valence-electron chi connectivity index (χ1n) is 10.5. The lowest BCUT2D eigenvalue weighted by molar-refractivity contribution is -0.842. The minimum Gasteiger partial charge on any atom is -0.368 e. The van der Waals surface area contributed by atoms with Gasteiger partial charge >= 0.3 is 0 Å². The number of nitrogen functional groups attached to an aromatic ring is 1. The van der Waals surface area contributed by atoms with Crippen LogP contribution in [-0.4, -0.2) is 29.6 Å². The monoisotopic (exact) mass is 344 g/mol. The lowest BCUT2D eigenvalue weighted by Gasteiger charge is -2.30. The molecule has 2 atom stereocenters. The van der Waals surface area contributed by atoms with Crippen molar-refractivity contribution in [1.82, 2.24) is 9.97 Å². The van der Waals surface area contributed by atoms with Gasteiger partial charge in [-0.25, -0.2) is 4.98 Å². The van der Waals surface area contributed by atoms with Gasteiger partial charge in [-0.05, 0) is 50.5 Å². The van der Waals surface area contributed by atoms with E-state index in [1.807, 2.05) is 0 Å². The van der Waals surface area contributed by atoms with Gasteiger partial charge in [0.1, 0.15) is 0 Å². The summed E-state index contributed by atoms with van der Waals surface area (Å²) in [6.07, 6.45) is 13.0. The second-order valence-corrected chi connectivity index (χ2v) is 8.47. The number of aromatic nitrogens is 2. The van der Waals surface area contributed by atoms with E-state index in [9.17, 15) is 0 Å². The molecule has 2 heterocycles. The first kappa shape index (κ1) is 17.2. The van der Waals surface area contributed by atoms with Gasteiger partial charge in [0.2, 0.25) is 11.8 Å². The molecule has 2 fully saturated rings. The van der Waals surface area contributed by atoms with Crippen molar-refractivity contribution in [1.29, 1.82) is 0 Å². The number of nitrogens with one attached hydrogen (secondary N) is 1. The van der Waals surface area contributed by atoms with Crippen LogP contribution in [0.1, 0.15) is 75.0 Å². The molecule has 3 aliphatic rings. The van der Waals surface area contributed by atoms with E-state index in [-0.39, 0.29) is 0 Å². The number of hydrogen-bond acceptors (Lipinski definition) is 4. The van der Waals surface area contributed by atoms with E-state index in [1.54, 1.807) is 0 Å². The molecule has 5 heteroatoms. The third-order valence-corrected chi connectivity index (χ3v) is 6.95. The molecule has 1 aliphatic heterocycles. The van der Waals surface area contributed by atoms with E-state index < -0.39 is 0 Å². The van der Waals surface area contributed by atoms with Crippen LogP contribution in [0.2, 0.25) is 0 Å². The lowest BCUT2D eigenvalue weighted by Crippen LogP contribution is -3.09. The molecule has 0 amide bonds. The van der Waals surface area contributed by atoms with Crippen molar-refractivity contribution in [3.8, 4) is 0 Å². The minimum absolute atomic E-state index is 0.493. The van der Waals surface area contributed by atoms with Crippen molar-refractivity contribution >= 4 is 11.8 Å². The second kappa shape index (κ2) is 7.58. The zero-order chi connectivity index (χ0) is 17.2. The van der Waals surface area contributed by atoms with E-state index in [0.29, 0.717) is 17.8 Å². The SMILES string of the molecule is NCC1CC[NH+](c2nc(N)nc3c2CCCC2CCCCCC32)CC1. The van der Waals surface area contributed by atoms with Crippen molar-refractivity contribution in [2.24, 2.45) is 17.6 Å². The highest BCUT2D eigenvalue weighted by Gasteiger charge is 2.35. The fourth-order valence-corrected chi connectivity index (χ4v) is 5.49. The Hall–Kier alpha value is -1.20. The largest absolute Gasteiger partial charge is 0.368 e. The molecule has 25 heavy (non-hydrogen) atoms. The average Bonchev–Trinajstić information content (AvgIpc) is 2.96. The number of quaternary nitrogens is 1. The zero-order valence-corrected chi connectivity index (χ0v) is 15.5. The summed E-state index contributed by atoms with van der Waals surface area (Å²) in [6.45, 7) is 3.10. The first-order valence-corrected chi connectivity index (χ1v) is 10.5. The normalized spacial score (nSPS) is 33.0. The van der Waals surface area contributed by atoms with Crippen LogP contribution in [0.3, 0.4) is 0 Å². The van der Waals surface area contributed by atoms with Crippen LogP contribution in [0.15, 0.2) is 0 Å². The fraction of sp³-hybridized carbons (Fsp3) is 0.800. The quantitative estimate of drug-likeness (QED) is 0.766. The third kappa shape index (κ3) is 3.54. The lowest BCUT2D eigenvalue weighted by atomic mass is 9.83. The number of rotatable bonds is 2. The molecular formula is C20H34N5+. The molecule has 1 aromatic rings. The molecule has 2 unspecified atom stereocenters. The Labute approximate surface area is 151 Å². The summed E-state index contributed by atoms with van der Waals surface area (Å²) in [7, 11) is 0. The average molecular weight is 345 g/mol. The van der Waals surface area contributed by atoms with Gasteiger partial charge in [-0.2, -0.15) is 4.98 Å². The molecule has 4 rings (SSSR count). The Morgan fingerprint density at radius 3 is 2.48 bits per heavy atom. The molecule has 0 bridgehead atoms. The van der Waals surface area contributed by atoms with Crippen LogP contribution >= 0.6 is 0 Å². The third-order valence-electron chi connectivity index (χ3n) is 6.95. The summed E-state index contributed by atoms with van der Waals surface area (Å²) >= 11 is 0. The number of piperidine rings is 1. The van der Waals surface area contributed by atoms with Gasteiger partial charge in [-0.3, -0.25) is 4.90 Å². The van der Waals surface area contributed by atoms with Crippen molar-refractivity contribution in [3.05, 3.63) is 11.3 Å². The maximum atomic E-state index is 6.20. The topological polar surface area (TPSA) is 82.3 Å². The Kier molecular flexibility index (Phi) is 5.23. The second-order valence-electron chi connectivity index (χ2n) is 8.47. The minimum atomic E-state index is 0.493. The van der Waals surface area contributed by atoms with E-state index in [1.165, 1.54) is 79.8 Å². The van der Waals surface area contributed by atoms with Gasteiger partial charge in [0.25, 0.3) is 0 Å². The van der Waals surface area contributed by atoms with Gasteiger partial charge in [-0.1, -0.05) is 19.3 Å². The smallest absolute Gasteiger partial charge is 0.234 e. The molecule has 1 saturated heterocycles.